The van der Waals surface area contributed by atoms with Crippen LogP contribution in [0.1, 0.15) is 12.5 Å². The minimum Gasteiger partial charge on any atom is -0.481 e. The smallest absolute Gasteiger partial charge is 0.217 e. The molecule has 1 aromatic rings. The lowest BCUT2D eigenvalue weighted by Crippen LogP contribution is -2.27. The van der Waals surface area contributed by atoms with E-state index in [9.17, 15) is 8.42 Å². The van der Waals surface area contributed by atoms with Gasteiger partial charge in [-0.25, -0.2) is 13.4 Å². The van der Waals surface area contributed by atoms with Crippen LogP contribution in [0.25, 0.3) is 0 Å². The monoisotopic (exact) mass is 244 g/mol. The second-order valence-electron chi connectivity index (χ2n) is 3.70. The van der Waals surface area contributed by atoms with Crippen molar-refractivity contribution >= 4 is 9.84 Å². The van der Waals surface area contributed by atoms with Crippen LogP contribution in [0.3, 0.4) is 0 Å². The molecule has 1 rings (SSSR count). The number of pyridine rings is 1. The fraction of sp³-hybridized carbons (Fsp3) is 0.500. The highest BCUT2D eigenvalue weighted by Gasteiger charge is 2.17. The molecule has 90 valence electrons. The van der Waals surface area contributed by atoms with Gasteiger partial charge in [0.05, 0.1) is 18.6 Å². The Balaban J connectivity index is 2.88. The van der Waals surface area contributed by atoms with Gasteiger partial charge in [0.15, 0.2) is 9.84 Å². The number of nitrogens with two attached hydrogens (primary N) is 1. The van der Waals surface area contributed by atoms with Crippen molar-refractivity contribution in [1.82, 2.24) is 4.98 Å². The zero-order valence-corrected chi connectivity index (χ0v) is 10.2. The lowest BCUT2D eigenvalue weighted by Gasteiger charge is -2.09. The first-order valence-corrected chi connectivity index (χ1v) is 6.70. The van der Waals surface area contributed by atoms with Gasteiger partial charge in [-0.2, -0.15) is 0 Å². The van der Waals surface area contributed by atoms with Crippen LogP contribution in [0.4, 0.5) is 0 Å². The van der Waals surface area contributed by atoms with Crippen LogP contribution in [-0.2, 0) is 15.6 Å². The molecule has 0 saturated heterocycles. The molecule has 0 aromatic carbocycles. The molecule has 1 aromatic heterocycles. The third-order valence-electron chi connectivity index (χ3n) is 1.94. The van der Waals surface area contributed by atoms with Crippen LogP contribution in [-0.4, -0.2) is 32.3 Å². The van der Waals surface area contributed by atoms with E-state index in [2.05, 4.69) is 4.98 Å². The van der Waals surface area contributed by atoms with Crippen molar-refractivity contribution in [2.45, 2.75) is 18.7 Å². The van der Waals surface area contributed by atoms with Gasteiger partial charge in [-0.15, -0.1) is 0 Å². The fourth-order valence-corrected chi connectivity index (χ4v) is 3.03. The summed E-state index contributed by atoms with van der Waals surface area (Å²) in [6, 6.07) is 3.00. The number of hydrogen-bond donors (Lipinski definition) is 1. The van der Waals surface area contributed by atoms with Crippen molar-refractivity contribution < 1.29 is 13.2 Å². The molecular formula is C10H16N2O3S. The molecule has 1 heterocycles. The molecule has 6 heteroatoms. The van der Waals surface area contributed by atoms with E-state index in [0.29, 0.717) is 11.4 Å². The summed E-state index contributed by atoms with van der Waals surface area (Å²) in [5.74, 6) is 0.215. The van der Waals surface area contributed by atoms with E-state index in [1.807, 2.05) is 0 Å². The molecule has 0 saturated carbocycles. The van der Waals surface area contributed by atoms with E-state index in [4.69, 9.17) is 10.5 Å². The number of sulfone groups is 1. The van der Waals surface area contributed by atoms with Crippen molar-refractivity contribution in [2.75, 3.05) is 12.9 Å². The molecule has 0 aliphatic heterocycles. The van der Waals surface area contributed by atoms with Gasteiger partial charge in [-0.05, 0) is 13.0 Å². The van der Waals surface area contributed by atoms with Crippen LogP contribution >= 0.6 is 0 Å². The Morgan fingerprint density at radius 3 is 2.81 bits per heavy atom. The van der Waals surface area contributed by atoms with Gasteiger partial charge in [-0.3, -0.25) is 0 Å². The molecule has 2 N–H and O–H groups in total. The van der Waals surface area contributed by atoms with Crippen molar-refractivity contribution in [3.8, 4) is 5.88 Å². The minimum absolute atomic E-state index is 0.0367. The number of hydrogen-bond acceptors (Lipinski definition) is 5. The Labute approximate surface area is 95.6 Å². The summed E-state index contributed by atoms with van der Waals surface area (Å²) in [5.41, 5.74) is 6.04. The maximum atomic E-state index is 11.7. The maximum Gasteiger partial charge on any atom is 0.217 e. The highest BCUT2D eigenvalue weighted by molar-refractivity contribution is 7.90. The Morgan fingerprint density at radius 2 is 2.25 bits per heavy atom. The van der Waals surface area contributed by atoms with Crippen LogP contribution in [0.15, 0.2) is 18.3 Å². The largest absolute Gasteiger partial charge is 0.481 e. The second-order valence-corrected chi connectivity index (χ2v) is 5.81. The average molecular weight is 244 g/mol. The molecular weight excluding hydrogens is 228 g/mol. The summed E-state index contributed by atoms with van der Waals surface area (Å²) in [4.78, 5) is 3.94. The highest BCUT2D eigenvalue weighted by Crippen LogP contribution is 2.17. The molecule has 1 atom stereocenters. The molecule has 1 unspecified atom stereocenters. The summed E-state index contributed by atoms with van der Waals surface area (Å²) in [6.07, 6.45) is 1.56. The topological polar surface area (TPSA) is 82.3 Å². The molecule has 16 heavy (non-hydrogen) atoms. The van der Waals surface area contributed by atoms with E-state index in [-0.39, 0.29) is 17.5 Å². The molecule has 5 nitrogen and oxygen atoms in total. The van der Waals surface area contributed by atoms with Crippen molar-refractivity contribution in [2.24, 2.45) is 5.73 Å². The number of aromatic nitrogens is 1. The van der Waals surface area contributed by atoms with E-state index >= 15 is 0 Å². The Bertz CT molecular complexity index is 443. The lowest BCUT2D eigenvalue weighted by molar-refractivity contribution is 0.394. The Morgan fingerprint density at radius 1 is 1.56 bits per heavy atom. The molecule has 0 fully saturated rings. The van der Waals surface area contributed by atoms with Crippen LogP contribution in [0.2, 0.25) is 0 Å². The second kappa shape index (κ2) is 5.27. The number of nitrogens with zero attached hydrogens (tertiary/aromatic N) is 1. The highest BCUT2D eigenvalue weighted by atomic mass is 32.2. The third-order valence-corrected chi connectivity index (χ3v) is 3.72. The summed E-state index contributed by atoms with van der Waals surface area (Å²) < 4.78 is 28.4. The molecule has 0 aliphatic carbocycles. The standard InChI is InChI=1S/C10H16N2O3S/c1-8(11)6-16(13,14)7-9-4-3-5-12-10(9)15-2/h3-5,8H,6-7,11H2,1-2H3. The van der Waals surface area contributed by atoms with Crippen LogP contribution in [0, 0.1) is 0 Å². The Kier molecular flexibility index (Phi) is 4.26. The van der Waals surface area contributed by atoms with E-state index < -0.39 is 9.84 Å². The van der Waals surface area contributed by atoms with Gasteiger partial charge in [0, 0.05) is 17.8 Å². The molecule has 0 aliphatic rings. The summed E-state index contributed by atoms with van der Waals surface area (Å²) in [6.45, 7) is 1.66. The number of ether oxygens (including phenoxy) is 1. The first-order valence-electron chi connectivity index (χ1n) is 4.88. The van der Waals surface area contributed by atoms with E-state index in [0.717, 1.165) is 0 Å². The minimum atomic E-state index is -3.21. The van der Waals surface area contributed by atoms with Gasteiger partial charge in [-0.1, -0.05) is 6.07 Å². The maximum absolute atomic E-state index is 11.7. The first-order chi connectivity index (χ1) is 7.44. The summed E-state index contributed by atoms with van der Waals surface area (Å²) >= 11 is 0. The fourth-order valence-electron chi connectivity index (χ4n) is 1.41. The van der Waals surface area contributed by atoms with Crippen molar-refractivity contribution in [3.63, 3.8) is 0 Å². The third kappa shape index (κ3) is 3.79. The predicted octanol–water partition coefficient (Wildman–Crippen LogP) is 0.352. The Hall–Kier alpha value is -1.14. The zero-order chi connectivity index (χ0) is 12.2. The van der Waals surface area contributed by atoms with Crippen molar-refractivity contribution in [3.05, 3.63) is 23.9 Å². The van der Waals surface area contributed by atoms with Gasteiger partial charge in [0.2, 0.25) is 5.88 Å². The SMILES string of the molecule is COc1ncccc1CS(=O)(=O)CC(C)N. The van der Waals surface area contributed by atoms with Gasteiger partial charge in [0.1, 0.15) is 0 Å². The predicted molar refractivity (Wildman–Crippen MR) is 61.9 cm³/mol. The van der Waals surface area contributed by atoms with Gasteiger partial charge >= 0.3 is 0 Å². The van der Waals surface area contributed by atoms with E-state index in [1.54, 1.807) is 25.3 Å². The molecule has 0 spiro atoms. The van der Waals surface area contributed by atoms with E-state index in [1.165, 1.54) is 7.11 Å². The van der Waals surface area contributed by atoms with Crippen LogP contribution < -0.4 is 10.5 Å². The quantitative estimate of drug-likeness (QED) is 0.808. The van der Waals surface area contributed by atoms with Crippen molar-refractivity contribution in [1.29, 1.82) is 0 Å². The number of rotatable bonds is 5. The summed E-state index contributed by atoms with van der Waals surface area (Å²) in [5, 5.41) is 0. The van der Waals surface area contributed by atoms with Gasteiger partial charge < -0.3 is 10.5 Å². The molecule has 0 amide bonds. The average Bonchev–Trinajstić information content (AvgIpc) is 2.15. The lowest BCUT2D eigenvalue weighted by atomic mass is 10.3. The van der Waals surface area contributed by atoms with Gasteiger partial charge in [0.25, 0.3) is 0 Å². The first kappa shape index (κ1) is 12.9. The number of methoxy groups -OCH3 is 1. The van der Waals surface area contributed by atoms with Crippen LogP contribution in [0.5, 0.6) is 5.88 Å². The zero-order valence-electron chi connectivity index (χ0n) is 9.38. The molecule has 0 radical (unpaired) electrons. The molecule has 0 bridgehead atoms. The summed E-state index contributed by atoms with van der Waals surface area (Å²) in [7, 11) is -1.75. The normalized spacial score (nSPS) is 13.4.